The number of benzene rings is 1. The van der Waals surface area contributed by atoms with Crippen molar-refractivity contribution in [3.05, 3.63) is 41.2 Å². The monoisotopic (exact) mass is 398 g/mol. The summed E-state index contributed by atoms with van der Waals surface area (Å²) in [6.07, 6.45) is 2.73. The van der Waals surface area contributed by atoms with Crippen LogP contribution in [-0.4, -0.2) is 42.0 Å². The van der Waals surface area contributed by atoms with E-state index in [1.54, 1.807) is 36.9 Å². The van der Waals surface area contributed by atoms with Gasteiger partial charge in [-0.1, -0.05) is 6.07 Å². The van der Waals surface area contributed by atoms with E-state index < -0.39 is 18.5 Å². The Morgan fingerprint density at radius 2 is 2.07 bits per heavy atom. The quantitative estimate of drug-likeness (QED) is 0.535. The minimum Gasteiger partial charge on any atom is -0.493 e. The average Bonchev–Trinajstić information content (AvgIpc) is 2.95. The summed E-state index contributed by atoms with van der Waals surface area (Å²) in [7, 11) is 3.25. The van der Waals surface area contributed by atoms with E-state index in [9.17, 15) is 9.59 Å². The van der Waals surface area contributed by atoms with Gasteiger partial charge in [0.1, 0.15) is 6.07 Å². The van der Waals surface area contributed by atoms with Crippen LogP contribution in [0.1, 0.15) is 17.0 Å². The van der Waals surface area contributed by atoms with Crippen LogP contribution >= 0.6 is 0 Å². The summed E-state index contributed by atoms with van der Waals surface area (Å²) in [6.45, 7) is 3.09. The number of hydrogen-bond acceptors (Lipinski definition) is 7. The zero-order valence-electron chi connectivity index (χ0n) is 16.7. The number of carbonyl (C=O) groups is 2. The van der Waals surface area contributed by atoms with Crippen molar-refractivity contribution in [1.29, 1.82) is 5.26 Å². The first-order chi connectivity index (χ1) is 13.8. The molecule has 0 fully saturated rings. The van der Waals surface area contributed by atoms with Gasteiger partial charge in [-0.25, -0.2) is 4.79 Å². The number of nitrogens with one attached hydrogen (secondary N) is 1. The lowest BCUT2D eigenvalue weighted by atomic mass is 10.2. The number of nitrogens with zero attached hydrogens (tertiary/aromatic N) is 3. The van der Waals surface area contributed by atoms with Crippen molar-refractivity contribution in [1.82, 2.24) is 9.78 Å². The van der Waals surface area contributed by atoms with Gasteiger partial charge in [0.25, 0.3) is 5.91 Å². The first-order valence-corrected chi connectivity index (χ1v) is 8.68. The predicted molar refractivity (Wildman–Crippen MR) is 105 cm³/mol. The van der Waals surface area contributed by atoms with Crippen LogP contribution in [0, 0.1) is 25.2 Å². The van der Waals surface area contributed by atoms with Crippen molar-refractivity contribution in [2.45, 2.75) is 13.8 Å². The number of hydrogen-bond donors (Lipinski definition) is 1. The maximum Gasteiger partial charge on any atom is 0.331 e. The number of rotatable bonds is 8. The molecule has 0 saturated heterocycles. The lowest BCUT2D eigenvalue weighted by Crippen LogP contribution is -2.20. The maximum atomic E-state index is 12.0. The highest BCUT2D eigenvalue weighted by Gasteiger charge is 2.13. The number of anilines is 1. The van der Waals surface area contributed by atoms with Gasteiger partial charge in [0.05, 0.1) is 24.2 Å². The summed E-state index contributed by atoms with van der Waals surface area (Å²) >= 11 is 0. The molecule has 0 atom stereocenters. The van der Waals surface area contributed by atoms with Crippen LogP contribution < -0.4 is 14.8 Å². The highest BCUT2D eigenvalue weighted by atomic mass is 16.5. The Morgan fingerprint density at radius 3 is 2.69 bits per heavy atom. The van der Waals surface area contributed by atoms with Gasteiger partial charge in [-0.2, -0.15) is 10.4 Å². The van der Waals surface area contributed by atoms with Gasteiger partial charge in [0, 0.05) is 13.1 Å². The fraction of sp³-hybridized carbons (Fsp3) is 0.300. The van der Waals surface area contributed by atoms with Crippen LogP contribution in [0.4, 0.5) is 5.69 Å². The smallest absolute Gasteiger partial charge is 0.331 e. The first kappa shape index (κ1) is 21.5. The molecule has 0 unspecified atom stereocenters. The van der Waals surface area contributed by atoms with Crippen molar-refractivity contribution >= 4 is 23.6 Å². The van der Waals surface area contributed by atoms with E-state index >= 15 is 0 Å². The normalized spacial score (nSPS) is 10.4. The lowest BCUT2D eigenvalue weighted by molar-refractivity contribution is -0.142. The molecule has 0 aliphatic rings. The number of carbonyl (C=O) groups excluding carboxylic acids is 2. The van der Waals surface area contributed by atoms with Crippen LogP contribution in [0.15, 0.2) is 24.3 Å². The zero-order chi connectivity index (χ0) is 21.4. The topological polar surface area (TPSA) is 115 Å². The third-order valence-electron chi connectivity index (χ3n) is 4.01. The van der Waals surface area contributed by atoms with E-state index in [4.69, 9.17) is 19.5 Å². The van der Waals surface area contributed by atoms with Crippen LogP contribution in [0.25, 0.3) is 6.08 Å². The molecule has 2 aromatic rings. The molecule has 0 aliphatic heterocycles. The van der Waals surface area contributed by atoms with Gasteiger partial charge < -0.3 is 19.5 Å². The van der Waals surface area contributed by atoms with E-state index in [1.807, 2.05) is 13.0 Å². The molecule has 9 heteroatoms. The van der Waals surface area contributed by atoms with Crippen LogP contribution in [0.5, 0.6) is 11.5 Å². The number of aromatic nitrogens is 2. The van der Waals surface area contributed by atoms with Crippen LogP contribution in [-0.2, 0) is 21.4 Å². The Labute approximate surface area is 168 Å². The van der Waals surface area contributed by atoms with Crippen molar-refractivity contribution in [2.24, 2.45) is 7.05 Å². The Bertz CT molecular complexity index is 972. The van der Waals surface area contributed by atoms with Crippen molar-refractivity contribution in [2.75, 3.05) is 25.6 Å². The van der Waals surface area contributed by atoms with Crippen LogP contribution in [0.3, 0.4) is 0 Å². The number of amides is 1. The summed E-state index contributed by atoms with van der Waals surface area (Å²) in [5.41, 5.74) is 2.75. The molecule has 1 aromatic heterocycles. The predicted octanol–water partition coefficient (Wildman–Crippen LogP) is 2.14. The molecule has 9 nitrogen and oxygen atoms in total. The zero-order valence-corrected chi connectivity index (χ0v) is 16.7. The van der Waals surface area contributed by atoms with Gasteiger partial charge in [0.15, 0.2) is 24.7 Å². The average molecular weight is 398 g/mol. The van der Waals surface area contributed by atoms with Gasteiger partial charge in [-0.05, 0) is 37.6 Å². The molecule has 0 aliphatic carbocycles. The molecule has 1 amide bonds. The Balaban J connectivity index is 1.91. The summed E-state index contributed by atoms with van der Waals surface area (Å²) in [5.74, 6) is -0.265. The third-order valence-corrected chi connectivity index (χ3v) is 4.01. The second-order valence-corrected chi connectivity index (χ2v) is 6.02. The van der Waals surface area contributed by atoms with Gasteiger partial charge >= 0.3 is 5.97 Å². The van der Waals surface area contributed by atoms with E-state index in [0.717, 1.165) is 5.69 Å². The van der Waals surface area contributed by atoms with E-state index in [2.05, 4.69) is 10.4 Å². The molecule has 1 heterocycles. The number of esters is 1. The molecule has 0 spiro atoms. The highest BCUT2D eigenvalue weighted by molar-refractivity contribution is 5.95. The summed E-state index contributed by atoms with van der Waals surface area (Å²) in [5, 5.41) is 15.5. The van der Waals surface area contributed by atoms with Crippen LogP contribution in [0.2, 0.25) is 0 Å². The largest absolute Gasteiger partial charge is 0.493 e. The minimum absolute atomic E-state index is 0.0992. The minimum atomic E-state index is -0.663. The van der Waals surface area contributed by atoms with Gasteiger partial charge in [-0.15, -0.1) is 0 Å². The summed E-state index contributed by atoms with van der Waals surface area (Å²) in [4.78, 5) is 23.9. The molecule has 0 bridgehead atoms. The lowest BCUT2D eigenvalue weighted by Gasteiger charge is -2.08. The molecular weight excluding hydrogens is 376 g/mol. The standard InChI is InChI=1S/C20H22N4O5/c1-13-20(14(2)24(3)23-13)22-18(25)12-29-19(26)8-6-15-5-7-16(28-10-9-21)17(11-15)27-4/h5-8,11H,10,12H2,1-4H3,(H,22,25)/b8-6+. The molecule has 1 N–H and O–H groups in total. The first-order valence-electron chi connectivity index (χ1n) is 8.68. The Morgan fingerprint density at radius 1 is 1.31 bits per heavy atom. The number of aryl methyl sites for hydroxylation is 2. The second-order valence-electron chi connectivity index (χ2n) is 6.02. The highest BCUT2D eigenvalue weighted by Crippen LogP contribution is 2.28. The van der Waals surface area contributed by atoms with Crippen molar-refractivity contribution in [3.63, 3.8) is 0 Å². The fourth-order valence-corrected chi connectivity index (χ4v) is 2.50. The maximum absolute atomic E-state index is 12.0. The molecule has 2 rings (SSSR count). The molecule has 1 aromatic carbocycles. The number of ether oxygens (including phenoxy) is 3. The van der Waals surface area contributed by atoms with Crippen molar-refractivity contribution < 1.29 is 23.8 Å². The van der Waals surface area contributed by atoms with Crippen molar-refractivity contribution in [3.8, 4) is 17.6 Å². The fourth-order valence-electron chi connectivity index (χ4n) is 2.50. The summed E-state index contributed by atoms with van der Waals surface area (Å²) in [6, 6.07) is 6.85. The van der Waals surface area contributed by atoms with E-state index in [-0.39, 0.29) is 6.61 Å². The Hall–Kier alpha value is -3.80. The SMILES string of the molecule is COc1cc(/C=C/C(=O)OCC(=O)Nc2c(C)nn(C)c2C)ccc1OCC#N. The number of methoxy groups -OCH3 is 1. The molecular formula is C20H22N4O5. The Kier molecular flexibility index (Phi) is 7.37. The third kappa shape index (κ3) is 5.84. The van der Waals surface area contributed by atoms with E-state index in [0.29, 0.717) is 28.4 Å². The van der Waals surface area contributed by atoms with Gasteiger partial charge in [0.2, 0.25) is 0 Å². The molecule has 0 saturated carbocycles. The molecule has 0 radical (unpaired) electrons. The van der Waals surface area contributed by atoms with Gasteiger partial charge in [-0.3, -0.25) is 9.48 Å². The number of nitriles is 1. The molecule has 29 heavy (non-hydrogen) atoms. The second kappa shape index (κ2) is 9.94. The summed E-state index contributed by atoms with van der Waals surface area (Å²) < 4.78 is 17.1. The molecule has 152 valence electrons. The van der Waals surface area contributed by atoms with E-state index in [1.165, 1.54) is 19.3 Å².